The van der Waals surface area contributed by atoms with Crippen LogP contribution in [0.25, 0.3) is 0 Å². The minimum absolute atomic E-state index is 0.121. The van der Waals surface area contributed by atoms with Crippen LogP contribution in [0, 0.1) is 5.92 Å². The Labute approximate surface area is 179 Å². The highest BCUT2D eigenvalue weighted by atomic mass is 32.2. The van der Waals surface area contributed by atoms with Crippen molar-refractivity contribution >= 4 is 50.1 Å². The molecule has 2 aliphatic heterocycles. The maximum absolute atomic E-state index is 12.4. The fourth-order valence-electron chi connectivity index (χ4n) is 3.51. The van der Waals surface area contributed by atoms with E-state index in [1.165, 1.54) is 46.5 Å². The molecule has 0 unspecified atom stereocenters. The molecule has 12 heteroatoms. The van der Waals surface area contributed by atoms with Crippen molar-refractivity contribution < 1.29 is 18.0 Å². The molecule has 29 heavy (non-hydrogen) atoms. The molecule has 1 aromatic heterocycles. The van der Waals surface area contributed by atoms with Gasteiger partial charge in [-0.1, -0.05) is 35.9 Å². The zero-order valence-electron chi connectivity index (χ0n) is 16.5. The molecular formula is C17H27N5O4S3. The molecule has 3 heterocycles. The van der Waals surface area contributed by atoms with Gasteiger partial charge in [0.05, 0.1) is 12.0 Å². The lowest BCUT2D eigenvalue weighted by atomic mass is 9.97. The summed E-state index contributed by atoms with van der Waals surface area (Å²) in [5, 5.41) is 11.2. The van der Waals surface area contributed by atoms with Crippen LogP contribution in [-0.2, 0) is 19.6 Å². The topological polar surface area (TPSA) is 113 Å². The van der Waals surface area contributed by atoms with Gasteiger partial charge in [0.2, 0.25) is 27.0 Å². The largest absolute Gasteiger partial charge is 0.342 e. The van der Waals surface area contributed by atoms with Crippen molar-refractivity contribution in [1.82, 2.24) is 19.4 Å². The second kappa shape index (κ2) is 10.2. The first-order valence-corrected chi connectivity index (χ1v) is 13.5. The Bertz CT molecular complexity index is 813. The summed E-state index contributed by atoms with van der Waals surface area (Å²) in [4.78, 5) is 26.7. The summed E-state index contributed by atoms with van der Waals surface area (Å²) in [5.41, 5.74) is 0. The van der Waals surface area contributed by atoms with E-state index in [4.69, 9.17) is 0 Å². The van der Waals surface area contributed by atoms with Crippen molar-refractivity contribution in [3.8, 4) is 0 Å². The molecule has 1 aromatic rings. The minimum Gasteiger partial charge on any atom is -0.342 e. The summed E-state index contributed by atoms with van der Waals surface area (Å²) in [7, 11) is -3.21. The highest BCUT2D eigenvalue weighted by Crippen LogP contribution is 2.27. The predicted molar refractivity (Wildman–Crippen MR) is 113 cm³/mol. The van der Waals surface area contributed by atoms with Gasteiger partial charge < -0.3 is 10.2 Å². The van der Waals surface area contributed by atoms with Crippen LogP contribution in [-0.4, -0.2) is 77.8 Å². The molecule has 0 saturated carbocycles. The number of thioether (sulfide) groups is 1. The molecule has 3 rings (SSSR count). The van der Waals surface area contributed by atoms with E-state index in [2.05, 4.69) is 15.5 Å². The van der Waals surface area contributed by atoms with E-state index in [0.29, 0.717) is 41.2 Å². The lowest BCUT2D eigenvalue weighted by molar-refractivity contribution is -0.128. The number of hydrogen-bond donors (Lipinski definition) is 1. The van der Waals surface area contributed by atoms with E-state index in [1.807, 2.05) is 4.90 Å². The van der Waals surface area contributed by atoms with Gasteiger partial charge in [0.25, 0.3) is 0 Å². The Morgan fingerprint density at radius 2 is 1.76 bits per heavy atom. The molecule has 0 bridgehead atoms. The van der Waals surface area contributed by atoms with Crippen molar-refractivity contribution in [1.29, 1.82) is 0 Å². The molecule has 0 radical (unpaired) electrons. The zero-order chi connectivity index (χ0) is 20.9. The number of aromatic nitrogens is 2. The SMILES string of the molecule is CS(=O)(=O)N1CCC(C(=O)Nc2nnc(SCC(=O)N3CCCCCC3)s2)CC1. The van der Waals surface area contributed by atoms with E-state index in [1.54, 1.807) is 0 Å². The molecule has 9 nitrogen and oxygen atoms in total. The van der Waals surface area contributed by atoms with Crippen LogP contribution >= 0.6 is 23.1 Å². The number of rotatable bonds is 6. The fourth-order valence-corrected chi connectivity index (χ4v) is 6.04. The Hall–Kier alpha value is -1.24. The molecule has 2 amide bonds. The average Bonchev–Trinajstić information content (AvgIpc) is 2.96. The van der Waals surface area contributed by atoms with E-state index in [0.717, 1.165) is 25.9 Å². The van der Waals surface area contributed by atoms with Gasteiger partial charge in [-0.05, 0) is 25.7 Å². The van der Waals surface area contributed by atoms with Crippen LogP contribution in [0.3, 0.4) is 0 Å². The maximum atomic E-state index is 12.4. The first kappa shape index (κ1) is 22.4. The summed E-state index contributed by atoms with van der Waals surface area (Å²) < 4.78 is 25.2. The minimum atomic E-state index is -3.21. The van der Waals surface area contributed by atoms with Gasteiger partial charge >= 0.3 is 0 Å². The van der Waals surface area contributed by atoms with Crippen molar-refractivity contribution in [3.05, 3.63) is 0 Å². The van der Waals surface area contributed by atoms with Gasteiger partial charge in [0.1, 0.15) is 0 Å². The summed E-state index contributed by atoms with van der Waals surface area (Å²) in [5.74, 6) is 0.0476. The van der Waals surface area contributed by atoms with Crippen molar-refractivity contribution in [2.45, 2.75) is 42.9 Å². The van der Waals surface area contributed by atoms with Gasteiger partial charge in [-0.25, -0.2) is 12.7 Å². The number of anilines is 1. The fraction of sp³-hybridized carbons (Fsp3) is 0.765. The zero-order valence-corrected chi connectivity index (χ0v) is 19.0. The number of carbonyl (C=O) groups excluding carboxylic acids is 2. The van der Waals surface area contributed by atoms with E-state index >= 15 is 0 Å². The second-order valence-corrected chi connectivity index (χ2v) is 11.6. The lowest BCUT2D eigenvalue weighted by Gasteiger charge is -2.29. The van der Waals surface area contributed by atoms with Crippen LogP contribution in [0.1, 0.15) is 38.5 Å². The molecule has 2 fully saturated rings. The smallest absolute Gasteiger partial charge is 0.233 e. The Balaban J connectivity index is 1.44. The number of likely N-dealkylation sites (tertiary alicyclic amines) is 1. The van der Waals surface area contributed by atoms with Crippen LogP contribution in [0.4, 0.5) is 5.13 Å². The van der Waals surface area contributed by atoms with Crippen LogP contribution in [0.15, 0.2) is 4.34 Å². The molecule has 2 saturated heterocycles. The molecule has 162 valence electrons. The van der Waals surface area contributed by atoms with Crippen molar-refractivity contribution in [2.75, 3.05) is 43.5 Å². The third kappa shape index (κ3) is 6.63. The standard InChI is InChI=1S/C17H27N5O4S3/c1-29(25,26)22-10-6-13(7-11-22)15(24)18-16-19-20-17(28-16)27-12-14(23)21-8-4-2-3-5-9-21/h13H,2-12H2,1H3,(H,18,19,24). The molecule has 2 aliphatic rings. The van der Waals surface area contributed by atoms with Crippen molar-refractivity contribution in [3.63, 3.8) is 0 Å². The monoisotopic (exact) mass is 461 g/mol. The summed E-state index contributed by atoms with van der Waals surface area (Å²) in [6.45, 7) is 2.36. The van der Waals surface area contributed by atoms with Gasteiger partial charge in [0.15, 0.2) is 4.34 Å². The predicted octanol–water partition coefficient (Wildman–Crippen LogP) is 1.64. The lowest BCUT2D eigenvalue weighted by Crippen LogP contribution is -2.40. The van der Waals surface area contributed by atoms with Crippen molar-refractivity contribution in [2.24, 2.45) is 5.92 Å². The van der Waals surface area contributed by atoms with Gasteiger partial charge in [-0.2, -0.15) is 0 Å². The van der Waals surface area contributed by atoms with Gasteiger partial charge in [-0.15, -0.1) is 10.2 Å². The number of amides is 2. The number of nitrogens with zero attached hydrogens (tertiary/aromatic N) is 4. The summed E-state index contributed by atoms with van der Waals surface area (Å²) in [6, 6.07) is 0. The molecule has 0 atom stereocenters. The molecular weight excluding hydrogens is 434 g/mol. The number of piperidine rings is 1. The third-order valence-corrected chi connectivity index (χ3v) is 8.47. The van der Waals surface area contributed by atoms with E-state index in [9.17, 15) is 18.0 Å². The molecule has 0 spiro atoms. The summed E-state index contributed by atoms with van der Waals surface area (Å²) in [6.07, 6.45) is 6.66. The maximum Gasteiger partial charge on any atom is 0.233 e. The molecule has 1 N–H and O–H groups in total. The van der Waals surface area contributed by atoms with Gasteiger partial charge in [-0.3, -0.25) is 9.59 Å². The average molecular weight is 462 g/mol. The van der Waals surface area contributed by atoms with Crippen LogP contribution in [0.2, 0.25) is 0 Å². The Kier molecular flexibility index (Phi) is 7.88. The molecule has 0 aliphatic carbocycles. The normalized spacial score (nSPS) is 19.7. The quantitative estimate of drug-likeness (QED) is 0.506. The second-order valence-electron chi connectivity index (χ2n) is 7.38. The van der Waals surface area contributed by atoms with Crippen LogP contribution in [0.5, 0.6) is 0 Å². The summed E-state index contributed by atoms with van der Waals surface area (Å²) >= 11 is 2.60. The number of nitrogens with one attached hydrogen (secondary N) is 1. The Morgan fingerprint density at radius 1 is 1.10 bits per heavy atom. The first-order valence-electron chi connectivity index (χ1n) is 9.83. The highest BCUT2D eigenvalue weighted by molar-refractivity contribution is 8.01. The highest BCUT2D eigenvalue weighted by Gasteiger charge is 2.29. The van der Waals surface area contributed by atoms with Gasteiger partial charge in [0, 0.05) is 32.1 Å². The first-order chi connectivity index (χ1) is 13.8. The third-order valence-electron chi connectivity index (χ3n) is 5.21. The number of sulfonamides is 1. The van der Waals surface area contributed by atoms with E-state index in [-0.39, 0.29) is 17.7 Å². The number of carbonyl (C=O) groups is 2. The Morgan fingerprint density at radius 3 is 2.38 bits per heavy atom. The van der Waals surface area contributed by atoms with E-state index < -0.39 is 10.0 Å². The molecule has 0 aromatic carbocycles. The van der Waals surface area contributed by atoms with Crippen LogP contribution < -0.4 is 5.32 Å². The number of hydrogen-bond acceptors (Lipinski definition) is 8.